The van der Waals surface area contributed by atoms with Crippen LogP contribution in [0.4, 0.5) is 9.18 Å². The number of urea groups is 1. The molecule has 0 radical (unpaired) electrons. The van der Waals surface area contributed by atoms with Gasteiger partial charge in [0.05, 0.1) is 12.1 Å². The van der Waals surface area contributed by atoms with E-state index in [1.54, 1.807) is 13.1 Å². The lowest BCUT2D eigenvalue weighted by Gasteiger charge is -2.33. The van der Waals surface area contributed by atoms with Gasteiger partial charge in [-0.1, -0.05) is 19.1 Å². The molecular weight excluding hydrogens is 295 g/mol. The average Bonchev–Trinajstić information content (AvgIpc) is 3.35. The molecule has 0 aliphatic heterocycles. The molecule has 2 N–H and O–H groups in total. The number of hydrogen-bond donors (Lipinski definition) is 2. The largest absolute Gasteiger partial charge is 0.391 e. The summed E-state index contributed by atoms with van der Waals surface area (Å²) >= 11 is 0. The molecule has 2 aliphatic carbocycles. The highest BCUT2D eigenvalue weighted by atomic mass is 19.1. The third kappa shape index (κ3) is 3.50. The molecule has 1 saturated carbocycles. The Morgan fingerprint density at radius 1 is 1.43 bits per heavy atom. The standard InChI is InChI=1S/C18H25FN2O2/c1-11-6-9-13-14(4-3-5-15(13)19)17(11)20-18(23)21(2)10-16(22)12-7-8-12/h3-5,11-12,16-17,22H,6-10H2,1-2H3,(H,20,23)/t11-,16+,17-/m1/s1. The fraction of sp³-hybridized carbons (Fsp3) is 0.611. The highest BCUT2D eigenvalue weighted by molar-refractivity contribution is 5.74. The third-order valence-electron chi connectivity index (χ3n) is 5.16. The Morgan fingerprint density at radius 3 is 2.87 bits per heavy atom. The second-order valence-electron chi connectivity index (χ2n) is 7.04. The Morgan fingerprint density at radius 2 is 2.17 bits per heavy atom. The Bertz CT molecular complexity index is 588. The average molecular weight is 320 g/mol. The number of amides is 2. The van der Waals surface area contributed by atoms with Gasteiger partial charge in [-0.2, -0.15) is 0 Å². The van der Waals surface area contributed by atoms with Crippen molar-refractivity contribution in [2.75, 3.05) is 13.6 Å². The number of hydrogen-bond acceptors (Lipinski definition) is 2. The fourth-order valence-electron chi connectivity index (χ4n) is 3.43. The Balaban J connectivity index is 1.69. The van der Waals surface area contributed by atoms with Crippen molar-refractivity contribution in [1.29, 1.82) is 0 Å². The Kier molecular flexibility index (Phi) is 4.57. The lowest BCUT2D eigenvalue weighted by atomic mass is 9.80. The van der Waals surface area contributed by atoms with E-state index in [-0.39, 0.29) is 23.8 Å². The number of aliphatic hydroxyl groups excluding tert-OH is 1. The molecule has 4 nitrogen and oxygen atoms in total. The van der Waals surface area contributed by atoms with E-state index in [0.717, 1.165) is 30.4 Å². The van der Waals surface area contributed by atoms with Crippen LogP contribution in [0.15, 0.2) is 18.2 Å². The summed E-state index contributed by atoms with van der Waals surface area (Å²) in [6, 6.07) is 4.69. The molecule has 0 unspecified atom stereocenters. The smallest absolute Gasteiger partial charge is 0.317 e. The molecule has 0 bridgehead atoms. The molecule has 0 aromatic heterocycles. The molecule has 2 aliphatic rings. The molecule has 2 amide bonds. The van der Waals surface area contributed by atoms with Crippen molar-refractivity contribution in [1.82, 2.24) is 10.2 Å². The summed E-state index contributed by atoms with van der Waals surface area (Å²) in [5.74, 6) is 0.412. The number of carbonyl (C=O) groups is 1. The van der Waals surface area contributed by atoms with Crippen molar-refractivity contribution < 1.29 is 14.3 Å². The second kappa shape index (κ2) is 6.48. The summed E-state index contributed by atoms with van der Waals surface area (Å²) in [6.45, 7) is 2.42. The van der Waals surface area contributed by atoms with E-state index in [1.165, 1.54) is 11.0 Å². The minimum absolute atomic E-state index is 0.178. The van der Waals surface area contributed by atoms with E-state index >= 15 is 0 Å². The summed E-state index contributed by atoms with van der Waals surface area (Å²) in [7, 11) is 1.70. The van der Waals surface area contributed by atoms with Gasteiger partial charge in [-0.05, 0) is 54.7 Å². The topological polar surface area (TPSA) is 52.6 Å². The minimum atomic E-state index is -0.445. The van der Waals surface area contributed by atoms with E-state index < -0.39 is 6.10 Å². The molecule has 1 aromatic carbocycles. The maximum absolute atomic E-state index is 14.0. The summed E-state index contributed by atoms with van der Waals surface area (Å²) in [6.07, 6.45) is 3.21. The van der Waals surface area contributed by atoms with Crippen molar-refractivity contribution in [3.63, 3.8) is 0 Å². The van der Waals surface area contributed by atoms with Gasteiger partial charge < -0.3 is 15.3 Å². The van der Waals surface area contributed by atoms with E-state index in [9.17, 15) is 14.3 Å². The van der Waals surface area contributed by atoms with Crippen LogP contribution in [0.3, 0.4) is 0 Å². The zero-order chi connectivity index (χ0) is 16.6. The van der Waals surface area contributed by atoms with Gasteiger partial charge in [-0.3, -0.25) is 0 Å². The van der Waals surface area contributed by atoms with Crippen LogP contribution in [0.5, 0.6) is 0 Å². The zero-order valence-corrected chi connectivity index (χ0v) is 13.8. The van der Waals surface area contributed by atoms with Gasteiger partial charge in [0.25, 0.3) is 0 Å². The molecule has 3 rings (SSSR count). The molecule has 1 fully saturated rings. The number of halogens is 1. The highest BCUT2D eigenvalue weighted by Gasteiger charge is 2.33. The summed E-state index contributed by atoms with van der Waals surface area (Å²) in [5, 5.41) is 13.0. The van der Waals surface area contributed by atoms with E-state index in [4.69, 9.17) is 0 Å². The van der Waals surface area contributed by atoms with E-state index in [0.29, 0.717) is 18.9 Å². The first-order valence-electron chi connectivity index (χ1n) is 8.44. The van der Waals surface area contributed by atoms with Gasteiger partial charge in [0.1, 0.15) is 5.82 Å². The van der Waals surface area contributed by atoms with E-state index in [2.05, 4.69) is 12.2 Å². The van der Waals surface area contributed by atoms with E-state index in [1.807, 2.05) is 6.07 Å². The van der Waals surface area contributed by atoms with Crippen LogP contribution < -0.4 is 5.32 Å². The molecule has 23 heavy (non-hydrogen) atoms. The molecule has 0 spiro atoms. The molecule has 3 atom stereocenters. The number of aliphatic hydroxyl groups is 1. The Labute approximate surface area is 136 Å². The monoisotopic (exact) mass is 320 g/mol. The SMILES string of the molecule is C[C@@H]1CCc2c(F)cccc2[C@@H]1NC(=O)N(C)C[C@H](O)C1CC1. The number of fused-ring (bicyclic) bond motifs is 1. The van der Waals surface area contributed by atoms with Gasteiger partial charge in [0.2, 0.25) is 0 Å². The van der Waals surface area contributed by atoms with Crippen molar-refractivity contribution >= 4 is 6.03 Å². The molecule has 1 aromatic rings. The lowest BCUT2D eigenvalue weighted by molar-refractivity contribution is 0.111. The van der Waals surface area contributed by atoms with Crippen LogP contribution >= 0.6 is 0 Å². The number of nitrogens with zero attached hydrogens (tertiary/aromatic N) is 1. The van der Waals surface area contributed by atoms with Gasteiger partial charge in [0.15, 0.2) is 0 Å². The fourth-order valence-corrected chi connectivity index (χ4v) is 3.43. The van der Waals surface area contributed by atoms with Crippen LogP contribution in [0.2, 0.25) is 0 Å². The van der Waals surface area contributed by atoms with Crippen LogP contribution in [0.25, 0.3) is 0 Å². The molecule has 5 heteroatoms. The second-order valence-corrected chi connectivity index (χ2v) is 7.04. The van der Waals surface area contributed by atoms with Crippen molar-refractivity contribution in [3.8, 4) is 0 Å². The first-order chi connectivity index (χ1) is 11.0. The quantitative estimate of drug-likeness (QED) is 0.896. The predicted octanol–water partition coefficient (Wildman–Crippen LogP) is 2.86. The predicted molar refractivity (Wildman–Crippen MR) is 86.5 cm³/mol. The third-order valence-corrected chi connectivity index (χ3v) is 5.16. The minimum Gasteiger partial charge on any atom is -0.391 e. The van der Waals surface area contributed by atoms with Crippen LogP contribution in [-0.4, -0.2) is 35.7 Å². The normalized spacial score (nSPS) is 24.7. The Hall–Kier alpha value is -1.62. The molecular formula is C18H25FN2O2. The molecule has 0 saturated heterocycles. The molecule has 0 heterocycles. The number of nitrogens with one attached hydrogen (secondary N) is 1. The molecule has 126 valence electrons. The van der Waals surface area contributed by atoms with Gasteiger partial charge in [-0.15, -0.1) is 0 Å². The van der Waals surface area contributed by atoms with Gasteiger partial charge in [-0.25, -0.2) is 9.18 Å². The summed E-state index contributed by atoms with van der Waals surface area (Å²) in [5.41, 5.74) is 1.60. The summed E-state index contributed by atoms with van der Waals surface area (Å²) in [4.78, 5) is 14.0. The first-order valence-corrected chi connectivity index (χ1v) is 8.44. The number of rotatable bonds is 4. The van der Waals surface area contributed by atoms with Crippen molar-refractivity contribution in [2.45, 2.75) is 44.8 Å². The zero-order valence-electron chi connectivity index (χ0n) is 13.8. The maximum Gasteiger partial charge on any atom is 0.317 e. The maximum atomic E-state index is 14.0. The highest BCUT2D eigenvalue weighted by Crippen LogP contribution is 2.36. The first kappa shape index (κ1) is 16.2. The lowest BCUT2D eigenvalue weighted by Crippen LogP contribution is -2.45. The van der Waals surface area contributed by atoms with Crippen LogP contribution in [0, 0.1) is 17.7 Å². The van der Waals surface area contributed by atoms with Gasteiger partial charge in [0, 0.05) is 13.6 Å². The number of carbonyl (C=O) groups excluding carboxylic acids is 1. The number of likely N-dealkylation sites (N-methyl/N-ethyl adjacent to an activating group) is 1. The van der Waals surface area contributed by atoms with Crippen LogP contribution in [0.1, 0.15) is 43.4 Å². The van der Waals surface area contributed by atoms with Crippen molar-refractivity contribution in [2.24, 2.45) is 11.8 Å². The van der Waals surface area contributed by atoms with Crippen molar-refractivity contribution in [3.05, 3.63) is 35.1 Å². The summed E-state index contributed by atoms with van der Waals surface area (Å²) < 4.78 is 14.0. The van der Waals surface area contributed by atoms with Gasteiger partial charge >= 0.3 is 6.03 Å². The van der Waals surface area contributed by atoms with Crippen LogP contribution in [-0.2, 0) is 6.42 Å². The number of benzene rings is 1.